The van der Waals surface area contributed by atoms with Gasteiger partial charge in [-0.25, -0.2) is 9.97 Å². The molecule has 5 aromatic rings. The van der Waals surface area contributed by atoms with Crippen LogP contribution < -0.4 is 4.74 Å². The first-order valence-electron chi connectivity index (χ1n) is 9.76. The topological polar surface area (TPSA) is 102 Å². The van der Waals surface area contributed by atoms with Gasteiger partial charge in [-0.3, -0.25) is 9.67 Å². The van der Waals surface area contributed by atoms with Gasteiger partial charge in [-0.1, -0.05) is 11.6 Å². The summed E-state index contributed by atoms with van der Waals surface area (Å²) in [7, 11) is 0. The molecule has 2 aromatic carbocycles. The van der Waals surface area contributed by atoms with E-state index in [4.69, 9.17) is 21.3 Å². The second-order valence-corrected chi connectivity index (χ2v) is 7.72. The van der Waals surface area contributed by atoms with Gasteiger partial charge < -0.3 is 14.8 Å². The third-order valence-corrected chi connectivity index (χ3v) is 5.40. The van der Waals surface area contributed by atoms with Gasteiger partial charge in [-0.05, 0) is 38.1 Å². The lowest BCUT2D eigenvalue weighted by molar-refractivity contribution is 0.230. The van der Waals surface area contributed by atoms with Crippen LogP contribution in [0.5, 0.6) is 11.5 Å². The van der Waals surface area contributed by atoms with Crippen molar-refractivity contribution in [3.63, 3.8) is 0 Å². The van der Waals surface area contributed by atoms with Gasteiger partial charge in [0.25, 0.3) is 0 Å². The fraction of sp³-hybridized carbons (Fsp3) is 0.182. The van der Waals surface area contributed by atoms with E-state index in [1.807, 2.05) is 44.3 Å². The zero-order valence-electron chi connectivity index (χ0n) is 16.9. The average Bonchev–Trinajstić information content (AvgIpc) is 3.41. The van der Waals surface area contributed by atoms with E-state index in [0.717, 1.165) is 22.4 Å². The Labute approximate surface area is 182 Å². The normalized spacial score (nSPS) is 12.5. The van der Waals surface area contributed by atoms with Crippen molar-refractivity contribution >= 4 is 33.7 Å². The summed E-state index contributed by atoms with van der Waals surface area (Å²) in [5, 5.41) is 14.0. The summed E-state index contributed by atoms with van der Waals surface area (Å²) in [5.74, 6) is 1.97. The zero-order chi connectivity index (χ0) is 21.5. The van der Waals surface area contributed by atoms with Gasteiger partial charge in [0.1, 0.15) is 27.9 Å². The van der Waals surface area contributed by atoms with Crippen molar-refractivity contribution in [3.05, 3.63) is 59.8 Å². The van der Waals surface area contributed by atoms with E-state index in [-0.39, 0.29) is 12.6 Å². The molecule has 0 saturated heterocycles. The molecule has 156 valence electrons. The third-order valence-electron chi connectivity index (χ3n) is 5.03. The number of nitrogens with zero attached hydrogens (tertiary/aromatic N) is 5. The number of hydrogen-bond donors (Lipinski definition) is 2. The summed E-state index contributed by atoms with van der Waals surface area (Å²) in [6.45, 7) is 3.79. The van der Waals surface area contributed by atoms with Crippen LogP contribution in [0.15, 0.2) is 48.9 Å². The van der Waals surface area contributed by atoms with Crippen molar-refractivity contribution in [3.8, 4) is 22.8 Å². The summed E-state index contributed by atoms with van der Waals surface area (Å²) in [4.78, 5) is 16.8. The fourth-order valence-electron chi connectivity index (χ4n) is 3.35. The number of aliphatic hydroxyl groups is 1. The Morgan fingerprint density at radius 2 is 2.00 bits per heavy atom. The van der Waals surface area contributed by atoms with Crippen LogP contribution in [0.25, 0.3) is 33.3 Å². The predicted molar refractivity (Wildman–Crippen MR) is 118 cm³/mol. The first-order chi connectivity index (χ1) is 15.0. The number of ether oxygens (including phenoxy) is 1. The number of H-pyrrole nitrogens is 1. The Morgan fingerprint density at radius 3 is 2.84 bits per heavy atom. The summed E-state index contributed by atoms with van der Waals surface area (Å²) >= 11 is 6.65. The summed E-state index contributed by atoms with van der Waals surface area (Å²) in [6.07, 6.45) is 5.20. The van der Waals surface area contributed by atoms with Gasteiger partial charge in [0.2, 0.25) is 0 Å². The molecule has 0 aliphatic heterocycles. The van der Waals surface area contributed by atoms with E-state index in [9.17, 15) is 5.11 Å². The van der Waals surface area contributed by atoms with E-state index in [1.54, 1.807) is 23.1 Å². The van der Waals surface area contributed by atoms with Gasteiger partial charge in [0.05, 0.1) is 47.3 Å². The van der Waals surface area contributed by atoms with Crippen LogP contribution in [0.2, 0.25) is 5.02 Å². The maximum absolute atomic E-state index is 9.33. The number of aryl methyl sites for hydroxylation is 1. The fourth-order valence-corrected chi connectivity index (χ4v) is 3.59. The molecule has 0 unspecified atom stereocenters. The first-order valence-corrected chi connectivity index (χ1v) is 10.1. The highest BCUT2D eigenvalue weighted by Gasteiger charge is 2.14. The highest BCUT2D eigenvalue weighted by Crippen LogP contribution is 2.35. The smallest absolute Gasteiger partial charge is 0.148 e. The lowest BCUT2D eigenvalue weighted by Gasteiger charge is -2.10. The molecule has 3 aromatic heterocycles. The van der Waals surface area contributed by atoms with Gasteiger partial charge in [0, 0.05) is 17.8 Å². The van der Waals surface area contributed by atoms with Crippen LogP contribution in [0, 0.1) is 6.92 Å². The number of aromatic nitrogens is 6. The molecular formula is C22H19ClN6O2. The number of aromatic amines is 1. The average molecular weight is 435 g/mol. The quantitative estimate of drug-likeness (QED) is 0.416. The Balaban J connectivity index is 1.51. The minimum absolute atomic E-state index is 0.000945. The number of benzene rings is 2. The number of fused-ring (bicyclic) bond motifs is 2. The molecule has 9 heteroatoms. The van der Waals surface area contributed by atoms with E-state index >= 15 is 0 Å². The van der Waals surface area contributed by atoms with E-state index < -0.39 is 0 Å². The number of hydrogen-bond acceptors (Lipinski definition) is 6. The molecule has 0 aliphatic rings. The highest BCUT2D eigenvalue weighted by atomic mass is 35.5. The Bertz CT molecular complexity index is 1410. The van der Waals surface area contributed by atoms with Crippen molar-refractivity contribution in [1.29, 1.82) is 0 Å². The molecule has 0 amide bonds. The maximum atomic E-state index is 9.33. The third kappa shape index (κ3) is 3.60. The van der Waals surface area contributed by atoms with Crippen molar-refractivity contribution in [2.45, 2.75) is 19.9 Å². The second kappa shape index (κ2) is 7.64. The molecule has 1 atom stereocenters. The van der Waals surface area contributed by atoms with Crippen molar-refractivity contribution in [2.75, 3.05) is 6.61 Å². The predicted octanol–water partition coefficient (Wildman–Crippen LogP) is 4.68. The molecule has 0 saturated carbocycles. The summed E-state index contributed by atoms with van der Waals surface area (Å²) in [5.41, 5.74) is 4.40. The molecule has 8 nitrogen and oxygen atoms in total. The SMILES string of the molecule is Cc1nc2ccc(Oc3ccc4ncc(-c5cnn([C@@H](C)CO)c5)nc4c3Cl)cc2[nH]1. The van der Waals surface area contributed by atoms with Crippen LogP contribution in [-0.4, -0.2) is 41.4 Å². The minimum atomic E-state index is -0.123. The molecule has 0 radical (unpaired) electrons. The molecule has 5 rings (SSSR count). The number of imidazole rings is 1. The zero-order valence-corrected chi connectivity index (χ0v) is 17.6. The monoisotopic (exact) mass is 434 g/mol. The van der Waals surface area contributed by atoms with E-state index in [0.29, 0.717) is 33.2 Å². The molecule has 0 fully saturated rings. The largest absolute Gasteiger partial charge is 0.456 e. The van der Waals surface area contributed by atoms with Gasteiger partial charge >= 0.3 is 0 Å². The van der Waals surface area contributed by atoms with Crippen LogP contribution in [0.4, 0.5) is 0 Å². The lowest BCUT2D eigenvalue weighted by atomic mass is 10.2. The molecule has 0 aliphatic carbocycles. The first kappa shape index (κ1) is 19.5. The molecule has 3 heterocycles. The number of rotatable bonds is 5. The number of nitrogens with one attached hydrogen (secondary N) is 1. The Morgan fingerprint density at radius 1 is 1.16 bits per heavy atom. The van der Waals surface area contributed by atoms with Crippen molar-refractivity contribution in [1.82, 2.24) is 29.7 Å². The van der Waals surface area contributed by atoms with E-state index in [1.165, 1.54) is 0 Å². The van der Waals surface area contributed by atoms with Crippen molar-refractivity contribution < 1.29 is 9.84 Å². The van der Waals surface area contributed by atoms with E-state index in [2.05, 4.69) is 20.1 Å². The summed E-state index contributed by atoms with van der Waals surface area (Å²) in [6, 6.07) is 9.11. The van der Waals surface area contributed by atoms with Crippen LogP contribution in [-0.2, 0) is 0 Å². The van der Waals surface area contributed by atoms with Crippen LogP contribution in [0.1, 0.15) is 18.8 Å². The molecule has 31 heavy (non-hydrogen) atoms. The van der Waals surface area contributed by atoms with Crippen molar-refractivity contribution in [2.24, 2.45) is 0 Å². The molecular weight excluding hydrogens is 416 g/mol. The lowest BCUT2D eigenvalue weighted by Crippen LogP contribution is -2.09. The highest BCUT2D eigenvalue weighted by molar-refractivity contribution is 6.36. The standard InChI is InChI=1S/C22H19ClN6O2/c1-12(11-30)29-10-14(8-25-29)19-9-24-17-5-6-20(21(23)22(17)28-19)31-15-3-4-16-18(7-15)27-13(2)26-16/h3-10,12,30H,11H2,1-2H3,(H,26,27)/t12-/m0/s1. The second-order valence-electron chi connectivity index (χ2n) is 7.34. The number of aliphatic hydroxyl groups excluding tert-OH is 1. The van der Waals surface area contributed by atoms with Gasteiger partial charge in [-0.15, -0.1) is 0 Å². The van der Waals surface area contributed by atoms with Gasteiger partial charge in [0.15, 0.2) is 0 Å². The number of halogens is 1. The molecule has 0 spiro atoms. The maximum Gasteiger partial charge on any atom is 0.148 e. The van der Waals surface area contributed by atoms with Gasteiger partial charge in [-0.2, -0.15) is 5.10 Å². The minimum Gasteiger partial charge on any atom is -0.456 e. The van der Waals surface area contributed by atoms with Crippen LogP contribution >= 0.6 is 11.6 Å². The van der Waals surface area contributed by atoms with Crippen LogP contribution in [0.3, 0.4) is 0 Å². The molecule has 0 bridgehead atoms. The Hall–Kier alpha value is -3.49. The Kier molecular flexibility index (Phi) is 4.80. The summed E-state index contributed by atoms with van der Waals surface area (Å²) < 4.78 is 7.73. The molecule has 2 N–H and O–H groups in total.